The number of pyridine rings is 1. The Balaban J connectivity index is 1.42. The first-order chi connectivity index (χ1) is 19.2. The number of aromatic amines is 1. The van der Waals surface area contributed by atoms with Crippen LogP contribution in [0.5, 0.6) is 5.75 Å². The molecule has 0 atom stereocenters. The van der Waals surface area contributed by atoms with E-state index < -0.39 is 21.7 Å². The third kappa shape index (κ3) is 4.98. The number of fused-ring (bicyclic) bond motifs is 1. The van der Waals surface area contributed by atoms with E-state index in [0.717, 1.165) is 11.1 Å². The maximum Gasteiger partial charge on any atom is 0.295 e. The zero-order valence-electron chi connectivity index (χ0n) is 21.5. The highest BCUT2D eigenvalue weighted by Gasteiger charge is 2.30. The molecule has 0 saturated carbocycles. The fraction of sp³-hybridized carbons (Fsp3) is 0.172. The Morgan fingerprint density at radius 1 is 1.07 bits per heavy atom. The number of H-pyrrole nitrogens is 1. The van der Waals surface area contributed by atoms with E-state index in [1.165, 1.54) is 36.5 Å². The third-order valence-corrected chi connectivity index (χ3v) is 7.90. The quantitative estimate of drug-likeness (QED) is 0.209. The van der Waals surface area contributed by atoms with Crippen molar-refractivity contribution in [2.45, 2.75) is 17.7 Å². The highest BCUT2D eigenvalue weighted by Crippen LogP contribution is 2.35. The fourth-order valence-corrected chi connectivity index (χ4v) is 5.43. The number of nitrogens with two attached hydrogens (primary N) is 1. The van der Waals surface area contributed by atoms with Crippen LogP contribution in [0.4, 0.5) is 0 Å². The number of allylic oxidation sites excluding steroid dienone is 1. The van der Waals surface area contributed by atoms with Gasteiger partial charge in [0, 0.05) is 24.8 Å². The summed E-state index contributed by atoms with van der Waals surface area (Å²) in [6, 6.07) is 17.6. The lowest BCUT2D eigenvalue weighted by atomic mass is 9.93. The van der Waals surface area contributed by atoms with E-state index in [4.69, 9.17) is 9.88 Å². The van der Waals surface area contributed by atoms with Crippen LogP contribution in [0.25, 0.3) is 27.7 Å². The molecule has 11 heteroatoms. The van der Waals surface area contributed by atoms with Crippen LogP contribution in [0, 0.1) is 11.3 Å². The van der Waals surface area contributed by atoms with Crippen LogP contribution >= 0.6 is 0 Å². The Bertz CT molecular complexity index is 1790. The normalized spacial score (nSPS) is 13.6. The highest BCUT2D eigenvalue weighted by molar-refractivity contribution is 7.89. The van der Waals surface area contributed by atoms with Crippen molar-refractivity contribution < 1.29 is 22.7 Å². The van der Waals surface area contributed by atoms with Crippen LogP contribution in [0.2, 0.25) is 0 Å². The number of methoxy groups -OCH3 is 1. The molecule has 3 heterocycles. The molecular formula is C29H25N5O5S. The number of likely N-dealkylation sites (tertiary alicyclic amines) is 1. The molecule has 1 aliphatic rings. The van der Waals surface area contributed by atoms with Gasteiger partial charge in [-0.15, -0.1) is 0 Å². The standard InChI is InChI=1S/C29H25N5O5S/c1-39-24-17-33-26(20-7-9-21(10-8-20)40(31,37)38)27-25(24)23(16-32-27)28(35)29(36)34-13-11-19(12-14-34)22(15-30)18-5-3-2-4-6-18/h2-10,16-17,32H,11-14H2,1H3,(H2,31,37,38). The summed E-state index contributed by atoms with van der Waals surface area (Å²) in [6.45, 7) is 0.640. The molecule has 2 aromatic heterocycles. The van der Waals surface area contributed by atoms with Crippen LogP contribution < -0.4 is 9.88 Å². The lowest BCUT2D eigenvalue weighted by Gasteiger charge is -2.28. The van der Waals surface area contributed by atoms with Gasteiger partial charge >= 0.3 is 0 Å². The van der Waals surface area contributed by atoms with Gasteiger partial charge in [-0.05, 0) is 36.1 Å². The van der Waals surface area contributed by atoms with E-state index in [1.807, 2.05) is 30.3 Å². The van der Waals surface area contributed by atoms with Crippen LogP contribution in [-0.2, 0) is 14.8 Å². The number of rotatable bonds is 6. The number of carbonyl (C=O) groups is 2. The molecule has 0 radical (unpaired) electrons. The summed E-state index contributed by atoms with van der Waals surface area (Å²) < 4.78 is 28.7. The number of sulfonamides is 1. The zero-order valence-corrected chi connectivity index (χ0v) is 22.4. The van der Waals surface area contributed by atoms with Crippen molar-refractivity contribution >= 4 is 38.2 Å². The van der Waals surface area contributed by atoms with Crippen molar-refractivity contribution in [1.29, 1.82) is 5.26 Å². The maximum atomic E-state index is 13.5. The van der Waals surface area contributed by atoms with Crippen LogP contribution in [0.3, 0.4) is 0 Å². The number of amides is 1. The molecule has 1 aliphatic heterocycles. The van der Waals surface area contributed by atoms with Gasteiger partial charge in [0.25, 0.3) is 11.7 Å². The minimum atomic E-state index is -3.86. The molecule has 4 aromatic rings. The number of nitrogens with one attached hydrogen (secondary N) is 1. The van der Waals surface area contributed by atoms with E-state index in [2.05, 4.69) is 16.0 Å². The number of Topliss-reactive ketones (excluding diaryl/α,β-unsaturated/α-hetero) is 1. The third-order valence-electron chi connectivity index (χ3n) is 6.97. The summed E-state index contributed by atoms with van der Waals surface area (Å²) in [5.41, 5.74) is 4.04. The van der Waals surface area contributed by atoms with Crippen LogP contribution in [0.15, 0.2) is 77.5 Å². The van der Waals surface area contributed by atoms with Gasteiger partial charge in [0.15, 0.2) is 0 Å². The molecule has 0 spiro atoms. The van der Waals surface area contributed by atoms with Crippen molar-refractivity contribution in [3.63, 3.8) is 0 Å². The van der Waals surface area contributed by atoms with Crippen molar-refractivity contribution in [3.05, 3.63) is 83.7 Å². The lowest BCUT2D eigenvalue weighted by molar-refractivity contribution is -0.126. The number of hydrogen-bond donors (Lipinski definition) is 2. The van der Waals surface area contributed by atoms with Gasteiger partial charge in [-0.1, -0.05) is 42.5 Å². The number of nitrogens with zero attached hydrogens (tertiary/aromatic N) is 3. The molecule has 1 amide bonds. The fourth-order valence-electron chi connectivity index (χ4n) is 4.91. The molecule has 0 unspecified atom stereocenters. The smallest absolute Gasteiger partial charge is 0.295 e. The maximum absolute atomic E-state index is 13.5. The van der Waals surface area contributed by atoms with E-state index in [0.29, 0.717) is 59.4 Å². The first kappa shape index (κ1) is 26.8. The van der Waals surface area contributed by atoms with E-state index in [9.17, 15) is 23.3 Å². The van der Waals surface area contributed by atoms with Gasteiger partial charge in [0.1, 0.15) is 5.75 Å². The number of ether oxygens (including phenoxy) is 1. The Kier molecular flexibility index (Phi) is 7.21. The number of hydrogen-bond acceptors (Lipinski definition) is 7. The SMILES string of the molecule is COc1cnc(-c2ccc(S(N)(=O)=O)cc2)c2[nH]cc(C(=O)C(=O)N3CCC(=C(C#N)c4ccccc4)CC3)c12. The van der Waals surface area contributed by atoms with Gasteiger partial charge in [-0.2, -0.15) is 5.26 Å². The number of aromatic nitrogens is 2. The lowest BCUT2D eigenvalue weighted by Crippen LogP contribution is -2.40. The number of nitriles is 1. The van der Waals surface area contributed by atoms with E-state index in [-0.39, 0.29) is 10.5 Å². The Morgan fingerprint density at radius 3 is 2.35 bits per heavy atom. The van der Waals surface area contributed by atoms with E-state index in [1.54, 1.807) is 12.1 Å². The summed E-state index contributed by atoms with van der Waals surface area (Å²) in [5, 5.41) is 15.3. The predicted molar refractivity (Wildman–Crippen MR) is 149 cm³/mol. The molecule has 1 saturated heterocycles. The Morgan fingerprint density at radius 2 is 1.75 bits per heavy atom. The molecule has 2 aromatic carbocycles. The van der Waals surface area contributed by atoms with Crippen molar-refractivity contribution in [3.8, 4) is 23.1 Å². The molecule has 202 valence electrons. The van der Waals surface area contributed by atoms with Gasteiger partial charge in [-0.3, -0.25) is 14.6 Å². The molecule has 5 rings (SSSR count). The topological polar surface area (TPSA) is 159 Å². The number of benzene rings is 2. The van der Waals surface area contributed by atoms with Crippen LogP contribution in [0.1, 0.15) is 28.8 Å². The number of piperidine rings is 1. The van der Waals surface area contributed by atoms with Crippen molar-refractivity contribution in [1.82, 2.24) is 14.9 Å². The van der Waals surface area contributed by atoms with Gasteiger partial charge in [-0.25, -0.2) is 13.6 Å². The Hall–Kier alpha value is -4.79. The summed E-state index contributed by atoms with van der Waals surface area (Å²) >= 11 is 0. The van der Waals surface area contributed by atoms with Gasteiger partial charge in [0.05, 0.1) is 52.0 Å². The predicted octanol–water partition coefficient (Wildman–Crippen LogP) is 3.67. The molecule has 0 aliphatic carbocycles. The van der Waals surface area contributed by atoms with E-state index >= 15 is 0 Å². The average molecular weight is 556 g/mol. The number of carbonyl (C=O) groups excluding carboxylic acids is 2. The second kappa shape index (κ2) is 10.8. The largest absolute Gasteiger partial charge is 0.494 e. The van der Waals surface area contributed by atoms with Crippen molar-refractivity contribution in [2.24, 2.45) is 5.14 Å². The summed E-state index contributed by atoms with van der Waals surface area (Å²) in [5.74, 6) is -1.03. The molecule has 1 fully saturated rings. The molecular weight excluding hydrogens is 530 g/mol. The van der Waals surface area contributed by atoms with Gasteiger partial charge < -0.3 is 14.6 Å². The number of ketones is 1. The first-order valence-corrected chi connectivity index (χ1v) is 14.0. The number of primary sulfonamides is 1. The minimum absolute atomic E-state index is 0.0425. The second-order valence-electron chi connectivity index (χ2n) is 9.27. The highest BCUT2D eigenvalue weighted by atomic mass is 32.2. The van der Waals surface area contributed by atoms with Crippen molar-refractivity contribution in [2.75, 3.05) is 20.2 Å². The molecule has 10 nitrogen and oxygen atoms in total. The second-order valence-corrected chi connectivity index (χ2v) is 10.8. The van der Waals surface area contributed by atoms with Gasteiger partial charge in [0.2, 0.25) is 10.0 Å². The van der Waals surface area contributed by atoms with Crippen LogP contribution in [-0.4, -0.2) is 55.2 Å². The Labute approximate surface area is 230 Å². The first-order valence-electron chi connectivity index (χ1n) is 12.4. The summed E-state index contributed by atoms with van der Waals surface area (Å²) in [6.07, 6.45) is 3.90. The summed E-state index contributed by atoms with van der Waals surface area (Å²) in [7, 11) is -2.42. The summed E-state index contributed by atoms with van der Waals surface area (Å²) in [4.78, 5) is 35.7. The minimum Gasteiger partial charge on any atom is -0.494 e. The molecule has 40 heavy (non-hydrogen) atoms. The molecule has 0 bridgehead atoms. The average Bonchev–Trinajstić information content (AvgIpc) is 3.42. The zero-order chi connectivity index (χ0) is 28.4. The monoisotopic (exact) mass is 555 g/mol. The molecule has 3 N–H and O–H groups in total.